The van der Waals surface area contributed by atoms with Crippen molar-refractivity contribution >= 4 is 12.4 Å². The van der Waals surface area contributed by atoms with Crippen molar-refractivity contribution in [2.45, 2.75) is 12.6 Å². The number of nitrogens with one attached hydrogen (secondary N) is 1. The Morgan fingerprint density at radius 2 is 1.82 bits per heavy atom. The Balaban J connectivity index is 0.00000176. The summed E-state index contributed by atoms with van der Waals surface area (Å²) in [6.45, 7) is 3.07. The summed E-state index contributed by atoms with van der Waals surface area (Å²) in [5.41, 5.74) is 1.82. The summed E-state index contributed by atoms with van der Waals surface area (Å²) >= 11 is 0. The van der Waals surface area contributed by atoms with Crippen LogP contribution in [-0.2, 0) is 6.54 Å². The molecule has 1 aromatic carbocycles. The molecule has 22 heavy (non-hydrogen) atoms. The molecule has 1 aliphatic rings. The van der Waals surface area contributed by atoms with E-state index < -0.39 is 11.6 Å². The van der Waals surface area contributed by atoms with E-state index >= 15 is 0 Å². The molecule has 2 aromatic rings. The molecule has 1 atom stereocenters. The number of halogens is 3. The molecule has 1 N–H and O–H groups in total. The number of benzene rings is 1. The minimum Gasteiger partial charge on any atom is -0.314 e. The first kappa shape index (κ1) is 16.8. The van der Waals surface area contributed by atoms with E-state index in [1.807, 2.05) is 12.1 Å². The van der Waals surface area contributed by atoms with Crippen LogP contribution in [0.25, 0.3) is 0 Å². The van der Waals surface area contributed by atoms with Crippen LogP contribution < -0.4 is 5.32 Å². The summed E-state index contributed by atoms with van der Waals surface area (Å²) < 4.78 is 26.6. The Bertz CT molecular complexity index is 589. The normalized spacial score (nSPS) is 18.7. The number of aromatic nitrogens is 1. The van der Waals surface area contributed by atoms with Crippen molar-refractivity contribution in [3.05, 3.63) is 65.5 Å². The third kappa shape index (κ3) is 4.00. The van der Waals surface area contributed by atoms with Gasteiger partial charge in [0.25, 0.3) is 0 Å². The predicted molar refractivity (Wildman–Crippen MR) is 83.9 cm³/mol. The van der Waals surface area contributed by atoms with Crippen LogP contribution in [0.3, 0.4) is 0 Å². The van der Waals surface area contributed by atoms with Crippen LogP contribution in [0.15, 0.2) is 42.7 Å². The SMILES string of the molecule is Cl.Fc1cc(F)cc(CN2CCNCC2c2ccncc2)c1. The molecule has 0 saturated carbocycles. The largest absolute Gasteiger partial charge is 0.314 e. The van der Waals surface area contributed by atoms with E-state index in [0.717, 1.165) is 31.3 Å². The lowest BCUT2D eigenvalue weighted by atomic mass is 10.0. The summed E-state index contributed by atoms with van der Waals surface area (Å²) in [5, 5.41) is 3.36. The van der Waals surface area contributed by atoms with Crippen LogP contribution >= 0.6 is 12.4 Å². The molecule has 0 aliphatic carbocycles. The van der Waals surface area contributed by atoms with E-state index in [1.165, 1.54) is 12.1 Å². The Hall–Kier alpha value is -1.56. The van der Waals surface area contributed by atoms with E-state index in [2.05, 4.69) is 15.2 Å². The Morgan fingerprint density at radius 1 is 1.14 bits per heavy atom. The van der Waals surface area contributed by atoms with Crippen molar-refractivity contribution < 1.29 is 8.78 Å². The van der Waals surface area contributed by atoms with Gasteiger partial charge < -0.3 is 5.32 Å². The molecule has 3 nitrogen and oxygen atoms in total. The number of pyridine rings is 1. The molecule has 0 radical (unpaired) electrons. The van der Waals surface area contributed by atoms with Gasteiger partial charge in [-0.2, -0.15) is 0 Å². The minimum atomic E-state index is -0.527. The fourth-order valence-corrected chi connectivity index (χ4v) is 2.79. The fraction of sp³-hybridized carbons (Fsp3) is 0.312. The second-order valence-corrected chi connectivity index (χ2v) is 5.25. The van der Waals surface area contributed by atoms with Gasteiger partial charge in [0.2, 0.25) is 0 Å². The first-order valence-corrected chi connectivity index (χ1v) is 7.02. The van der Waals surface area contributed by atoms with Crippen molar-refractivity contribution in [3.63, 3.8) is 0 Å². The molecule has 1 aromatic heterocycles. The van der Waals surface area contributed by atoms with Gasteiger partial charge in [0.05, 0.1) is 0 Å². The van der Waals surface area contributed by atoms with E-state index in [1.54, 1.807) is 12.4 Å². The number of piperazine rings is 1. The van der Waals surface area contributed by atoms with Crippen LogP contribution in [0.4, 0.5) is 8.78 Å². The van der Waals surface area contributed by atoms with Gasteiger partial charge in [-0.1, -0.05) is 0 Å². The lowest BCUT2D eigenvalue weighted by Crippen LogP contribution is -2.45. The zero-order chi connectivity index (χ0) is 14.7. The Kier molecular flexibility index (Phi) is 5.83. The monoisotopic (exact) mass is 325 g/mol. The average molecular weight is 326 g/mol. The average Bonchev–Trinajstić information content (AvgIpc) is 2.48. The van der Waals surface area contributed by atoms with E-state index in [4.69, 9.17) is 0 Å². The van der Waals surface area contributed by atoms with Crippen LogP contribution in [0, 0.1) is 11.6 Å². The summed E-state index contributed by atoms with van der Waals surface area (Å²) in [4.78, 5) is 6.27. The number of hydrogen-bond donors (Lipinski definition) is 1. The van der Waals surface area contributed by atoms with Crippen LogP contribution in [0.1, 0.15) is 17.2 Å². The maximum atomic E-state index is 13.3. The molecule has 2 heterocycles. The lowest BCUT2D eigenvalue weighted by molar-refractivity contribution is 0.153. The standard InChI is InChI=1S/C16H17F2N3.ClH/c17-14-7-12(8-15(18)9-14)11-21-6-5-20-10-16(21)13-1-3-19-4-2-13;/h1-4,7-9,16,20H,5-6,10-11H2;1H. The molecule has 0 amide bonds. The third-order valence-corrected chi connectivity index (χ3v) is 3.75. The zero-order valence-electron chi connectivity index (χ0n) is 12.0. The molecule has 0 bridgehead atoms. The van der Waals surface area contributed by atoms with Crippen molar-refractivity contribution in [1.82, 2.24) is 15.2 Å². The van der Waals surface area contributed by atoms with Crippen molar-refractivity contribution in [3.8, 4) is 0 Å². The minimum absolute atomic E-state index is 0. The molecule has 1 fully saturated rings. The van der Waals surface area contributed by atoms with Gasteiger partial charge in [0, 0.05) is 50.7 Å². The predicted octanol–water partition coefficient (Wildman–Crippen LogP) is 2.93. The Labute approximate surface area is 134 Å². The van der Waals surface area contributed by atoms with Gasteiger partial charge in [-0.3, -0.25) is 9.88 Å². The molecular formula is C16H18ClF2N3. The number of hydrogen-bond acceptors (Lipinski definition) is 3. The van der Waals surface area contributed by atoms with Crippen molar-refractivity contribution in [2.24, 2.45) is 0 Å². The fourth-order valence-electron chi connectivity index (χ4n) is 2.79. The smallest absolute Gasteiger partial charge is 0.126 e. The topological polar surface area (TPSA) is 28.2 Å². The van der Waals surface area contributed by atoms with E-state index in [0.29, 0.717) is 12.1 Å². The molecule has 1 saturated heterocycles. The van der Waals surface area contributed by atoms with Gasteiger partial charge in [-0.25, -0.2) is 8.78 Å². The number of nitrogens with zero attached hydrogens (tertiary/aromatic N) is 2. The summed E-state index contributed by atoms with van der Waals surface area (Å²) in [5.74, 6) is -1.05. The molecular weight excluding hydrogens is 308 g/mol. The van der Waals surface area contributed by atoms with Gasteiger partial charge >= 0.3 is 0 Å². The van der Waals surface area contributed by atoms with E-state index in [-0.39, 0.29) is 18.4 Å². The molecule has 118 valence electrons. The summed E-state index contributed by atoms with van der Waals surface area (Å²) in [6, 6.07) is 7.85. The third-order valence-electron chi connectivity index (χ3n) is 3.75. The van der Waals surface area contributed by atoms with Gasteiger partial charge in [0.15, 0.2) is 0 Å². The highest BCUT2D eigenvalue weighted by molar-refractivity contribution is 5.85. The number of rotatable bonds is 3. The zero-order valence-corrected chi connectivity index (χ0v) is 12.8. The lowest BCUT2D eigenvalue weighted by Gasteiger charge is -2.36. The second kappa shape index (κ2) is 7.63. The highest BCUT2D eigenvalue weighted by Gasteiger charge is 2.23. The van der Waals surface area contributed by atoms with Crippen LogP contribution in [0.5, 0.6) is 0 Å². The molecule has 0 spiro atoms. The summed E-state index contributed by atoms with van der Waals surface area (Å²) in [6.07, 6.45) is 3.54. The highest BCUT2D eigenvalue weighted by atomic mass is 35.5. The maximum absolute atomic E-state index is 13.3. The molecule has 3 rings (SSSR count). The van der Waals surface area contributed by atoms with Crippen molar-refractivity contribution in [2.75, 3.05) is 19.6 Å². The summed E-state index contributed by atoms with van der Waals surface area (Å²) in [7, 11) is 0. The van der Waals surface area contributed by atoms with Crippen molar-refractivity contribution in [1.29, 1.82) is 0 Å². The van der Waals surface area contributed by atoms with Crippen LogP contribution in [-0.4, -0.2) is 29.5 Å². The molecule has 1 aliphatic heterocycles. The van der Waals surface area contributed by atoms with Gasteiger partial charge in [-0.15, -0.1) is 12.4 Å². The van der Waals surface area contributed by atoms with Gasteiger partial charge in [-0.05, 0) is 35.4 Å². The molecule has 1 unspecified atom stereocenters. The maximum Gasteiger partial charge on any atom is 0.126 e. The molecule has 6 heteroatoms. The first-order valence-electron chi connectivity index (χ1n) is 7.02. The highest BCUT2D eigenvalue weighted by Crippen LogP contribution is 2.24. The van der Waals surface area contributed by atoms with Gasteiger partial charge in [0.1, 0.15) is 11.6 Å². The quantitative estimate of drug-likeness (QED) is 0.940. The first-order chi connectivity index (χ1) is 10.2. The Morgan fingerprint density at radius 3 is 2.50 bits per heavy atom. The van der Waals surface area contributed by atoms with Crippen LogP contribution in [0.2, 0.25) is 0 Å². The second-order valence-electron chi connectivity index (χ2n) is 5.25. The van der Waals surface area contributed by atoms with E-state index in [9.17, 15) is 8.78 Å².